The number of hydrogen-bond donors (Lipinski definition) is 3. The summed E-state index contributed by atoms with van der Waals surface area (Å²) in [5.41, 5.74) is 3.70. The maximum absolute atomic E-state index is 12.3. The second-order valence-electron chi connectivity index (χ2n) is 5.39. The summed E-state index contributed by atoms with van der Waals surface area (Å²) < 4.78 is 0.883. The number of aromatic nitrogens is 2. The SMILES string of the molecule is O=C(Cn1[nH]c(=O)c2ccccc2c1=O)NNC(=O)c1ccc(Cl)cc1. The van der Waals surface area contributed by atoms with Crippen LogP contribution in [0.5, 0.6) is 0 Å². The fraction of sp³-hybridized carbons (Fsp3) is 0.0588. The Labute approximate surface area is 151 Å². The zero-order chi connectivity index (χ0) is 18.7. The summed E-state index contributed by atoms with van der Waals surface area (Å²) >= 11 is 5.74. The number of rotatable bonds is 3. The van der Waals surface area contributed by atoms with E-state index in [1.165, 1.54) is 36.4 Å². The first kappa shape index (κ1) is 17.4. The van der Waals surface area contributed by atoms with Gasteiger partial charge in [-0.2, -0.15) is 0 Å². The Hall–Kier alpha value is -3.39. The lowest BCUT2D eigenvalue weighted by atomic mass is 10.2. The Balaban J connectivity index is 1.70. The lowest BCUT2D eigenvalue weighted by molar-refractivity contribution is -0.122. The van der Waals surface area contributed by atoms with Crippen molar-refractivity contribution in [2.24, 2.45) is 0 Å². The van der Waals surface area contributed by atoms with Crippen molar-refractivity contribution >= 4 is 34.2 Å². The van der Waals surface area contributed by atoms with Crippen LogP contribution < -0.4 is 22.0 Å². The van der Waals surface area contributed by atoms with E-state index in [4.69, 9.17) is 11.6 Å². The van der Waals surface area contributed by atoms with Gasteiger partial charge in [-0.25, -0.2) is 4.68 Å². The lowest BCUT2D eigenvalue weighted by Gasteiger charge is -2.09. The number of aromatic amines is 1. The number of nitrogens with one attached hydrogen (secondary N) is 3. The van der Waals surface area contributed by atoms with Crippen LogP contribution in [0.25, 0.3) is 10.8 Å². The number of nitrogens with zero attached hydrogens (tertiary/aromatic N) is 1. The number of carbonyl (C=O) groups is 2. The number of hydrogen-bond acceptors (Lipinski definition) is 4. The number of amides is 2. The minimum absolute atomic E-state index is 0.203. The maximum Gasteiger partial charge on any atom is 0.273 e. The van der Waals surface area contributed by atoms with E-state index in [9.17, 15) is 19.2 Å². The van der Waals surface area contributed by atoms with Gasteiger partial charge in [-0.15, -0.1) is 0 Å². The van der Waals surface area contributed by atoms with Gasteiger partial charge in [0.1, 0.15) is 6.54 Å². The summed E-state index contributed by atoms with van der Waals surface area (Å²) in [7, 11) is 0. The molecule has 1 aromatic heterocycles. The Morgan fingerprint density at radius 3 is 2.31 bits per heavy atom. The molecule has 2 amide bonds. The molecule has 0 aliphatic carbocycles. The zero-order valence-electron chi connectivity index (χ0n) is 13.3. The molecule has 2 aromatic carbocycles. The fourth-order valence-electron chi connectivity index (χ4n) is 2.34. The highest BCUT2D eigenvalue weighted by Gasteiger charge is 2.11. The minimum Gasteiger partial charge on any atom is -0.271 e. The van der Waals surface area contributed by atoms with Crippen molar-refractivity contribution in [2.75, 3.05) is 0 Å². The van der Waals surface area contributed by atoms with Crippen LogP contribution in [0.2, 0.25) is 5.02 Å². The van der Waals surface area contributed by atoms with Gasteiger partial charge in [-0.1, -0.05) is 23.7 Å². The molecule has 132 valence electrons. The second kappa shape index (κ2) is 7.24. The number of H-pyrrole nitrogens is 1. The van der Waals surface area contributed by atoms with Gasteiger partial charge in [0.2, 0.25) is 0 Å². The van der Waals surface area contributed by atoms with Crippen molar-refractivity contribution in [1.82, 2.24) is 20.6 Å². The number of carbonyl (C=O) groups excluding carboxylic acids is 2. The van der Waals surface area contributed by atoms with Crippen LogP contribution in [0, 0.1) is 0 Å². The molecule has 3 rings (SSSR count). The van der Waals surface area contributed by atoms with Crippen LogP contribution in [0.15, 0.2) is 58.1 Å². The summed E-state index contributed by atoms with van der Waals surface area (Å²) in [4.78, 5) is 48.2. The summed E-state index contributed by atoms with van der Waals surface area (Å²) in [6.07, 6.45) is 0. The van der Waals surface area contributed by atoms with Gasteiger partial charge >= 0.3 is 0 Å². The Morgan fingerprint density at radius 2 is 1.62 bits per heavy atom. The summed E-state index contributed by atoms with van der Waals surface area (Å²) in [6, 6.07) is 12.4. The lowest BCUT2D eigenvalue weighted by Crippen LogP contribution is -2.45. The number of benzene rings is 2. The molecule has 0 saturated heterocycles. The molecule has 0 spiro atoms. The second-order valence-corrected chi connectivity index (χ2v) is 5.82. The molecule has 9 heteroatoms. The van der Waals surface area contributed by atoms with Crippen LogP contribution in [0.1, 0.15) is 10.4 Å². The van der Waals surface area contributed by atoms with E-state index in [-0.39, 0.29) is 10.8 Å². The molecule has 0 saturated carbocycles. The first-order chi connectivity index (χ1) is 12.5. The van der Waals surface area contributed by atoms with Crippen LogP contribution in [0.4, 0.5) is 0 Å². The Kier molecular flexibility index (Phi) is 4.85. The largest absolute Gasteiger partial charge is 0.273 e. The van der Waals surface area contributed by atoms with Gasteiger partial charge in [0.25, 0.3) is 22.9 Å². The van der Waals surface area contributed by atoms with Crippen LogP contribution in [0.3, 0.4) is 0 Å². The van der Waals surface area contributed by atoms with E-state index >= 15 is 0 Å². The first-order valence-electron chi connectivity index (χ1n) is 7.52. The van der Waals surface area contributed by atoms with Crippen LogP contribution >= 0.6 is 11.6 Å². The topological polar surface area (TPSA) is 113 Å². The van der Waals surface area contributed by atoms with Crippen LogP contribution in [-0.2, 0) is 11.3 Å². The molecule has 0 aliphatic rings. The Bertz CT molecular complexity index is 1100. The zero-order valence-corrected chi connectivity index (χ0v) is 14.0. The molecule has 3 aromatic rings. The first-order valence-corrected chi connectivity index (χ1v) is 7.90. The summed E-state index contributed by atoms with van der Waals surface area (Å²) in [5, 5.41) is 3.26. The maximum atomic E-state index is 12.3. The third-order valence-corrected chi connectivity index (χ3v) is 3.86. The molecule has 0 fully saturated rings. The smallest absolute Gasteiger partial charge is 0.271 e. The molecule has 1 heterocycles. The summed E-state index contributed by atoms with van der Waals surface area (Å²) in [5.74, 6) is -1.23. The van der Waals surface area contributed by atoms with Gasteiger partial charge in [0.15, 0.2) is 0 Å². The van der Waals surface area contributed by atoms with E-state index in [2.05, 4.69) is 16.0 Å². The monoisotopic (exact) mass is 372 g/mol. The van der Waals surface area contributed by atoms with Gasteiger partial charge in [-0.3, -0.25) is 35.1 Å². The van der Waals surface area contributed by atoms with Crippen molar-refractivity contribution < 1.29 is 9.59 Å². The molecule has 0 unspecified atom stereocenters. The molecule has 8 nitrogen and oxygen atoms in total. The van der Waals surface area contributed by atoms with E-state index in [1.807, 2.05) is 0 Å². The molecule has 0 radical (unpaired) electrons. The molecular formula is C17H13ClN4O4. The normalized spacial score (nSPS) is 10.5. The highest BCUT2D eigenvalue weighted by molar-refractivity contribution is 6.30. The van der Waals surface area contributed by atoms with E-state index in [1.54, 1.807) is 12.1 Å². The van der Waals surface area contributed by atoms with E-state index in [0.717, 1.165) is 4.68 Å². The average molecular weight is 373 g/mol. The molecular weight excluding hydrogens is 360 g/mol. The third-order valence-electron chi connectivity index (χ3n) is 3.61. The highest BCUT2D eigenvalue weighted by atomic mass is 35.5. The molecule has 0 atom stereocenters. The molecule has 3 N–H and O–H groups in total. The summed E-state index contributed by atoms with van der Waals surface area (Å²) in [6.45, 7) is -0.459. The molecule has 0 bridgehead atoms. The van der Waals surface area contributed by atoms with Crippen molar-refractivity contribution in [2.45, 2.75) is 6.54 Å². The predicted molar refractivity (Wildman–Crippen MR) is 95.9 cm³/mol. The van der Waals surface area contributed by atoms with Crippen molar-refractivity contribution in [3.63, 3.8) is 0 Å². The Morgan fingerprint density at radius 1 is 0.962 bits per heavy atom. The predicted octanol–water partition coefficient (Wildman–Crippen LogP) is 0.804. The van der Waals surface area contributed by atoms with Gasteiger partial charge in [-0.05, 0) is 36.4 Å². The number of fused-ring (bicyclic) bond motifs is 1. The fourth-order valence-corrected chi connectivity index (χ4v) is 2.47. The van der Waals surface area contributed by atoms with E-state index in [0.29, 0.717) is 10.6 Å². The minimum atomic E-state index is -0.680. The molecule has 26 heavy (non-hydrogen) atoms. The third kappa shape index (κ3) is 3.65. The average Bonchev–Trinajstić information content (AvgIpc) is 2.64. The standard InChI is InChI=1S/C17H13ClN4O4/c18-11-7-5-10(6-8-11)15(24)20-19-14(23)9-22-17(26)13-4-2-1-3-12(13)16(25)21-22/h1-8H,9H2,(H,19,23)(H,20,24)(H,21,25). The van der Waals surface area contributed by atoms with Crippen molar-refractivity contribution in [3.05, 3.63) is 79.8 Å². The quantitative estimate of drug-likeness (QED) is 0.590. The number of hydrazine groups is 1. The van der Waals surface area contributed by atoms with Crippen molar-refractivity contribution in [3.8, 4) is 0 Å². The van der Waals surface area contributed by atoms with Crippen LogP contribution in [-0.4, -0.2) is 21.6 Å². The van der Waals surface area contributed by atoms with Gasteiger partial charge in [0.05, 0.1) is 10.8 Å². The van der Waals surface area contributed by atoms with Gasteiger partial charge < -0.3 is 0 Å². The van der Waals surface area contributed by atoms with Gasteiger partial charge in [0, 0.05) is 10.6 Å². The molecule has 0 aliphatic heterocycles. The number of halogens is 1. The van der Waals surface area contributed by atoms with Crippen molar-refractivity contribution in [1.29, 1.82) is 0 Å². The van der Waals surface area contributed by atoms with E-state index < -0.39 is 29.5 Å². The highest BCUT2D eigenvalue weighted by Crippen LogP contribution is 2.09.